The first-order chi connectivity index (χ1) is 13.2. The summed E-state index contributed by atoms with van der Waals surface area (Å²) in [6.07, 6.45) is 3.28. The fraction of sp³-hybridized carbons (Fsp3) is 0.409. The third kappa shape index (κ3) is 6.08. The van der Waals surface area contributed by atoms with E-state index in [1.807, 2.05) is 12.1 Å². The van der Waals surface area contributed by atoms with Gasteiger partial charge in [-0.25, -0.2) is 0 Å². The Bertz CT molecular complexity index is 713. The van der Waals surface area contributed by atoms with E-state index in [1.54, 1.807) is 12.1 Å². The van der Waals surface area contributed by atoms with Crippen LogP contribution < -0.4 is 11.1 Å². The molecule has 5 heteroatoms. The molecule has 5 nitrogen and oxygen atoms in total. The van der Waals surface area contributed by atoms with Crippen LogP contribution in [0.2, 0.25) is 0 Å². The zero-order chi connectivity index (χ0) is 18.9. The van der Waals surface area contributed by atoms with Crippen molar-refractivity contribution < 1.29 is 9.53 Å². The van der Waals surface area contributed by atoms with Gasteiger partial charge in [-0.2, -0.15) is 0 Å². The molecule has 144 valence electrons. The van der Waals surface area contributed by atoms with E-state index >= 15 is 0 Å². The Morgan fingerprint density at radius 1 is 1.07 bits per heavy atom. The summed E-state index contributed by atoms with van der Waals surface area (Å²) in [4.78, 5) is 14.6. The van der Waals surface area contributed by atoms with Crippen LogP contribution in [0, 0.1) is 0 Å². The van der Waals surface area contributed by atoms with Crippen molar-refractivity contribution in [3.63, 3.8) is 0 Å². The van der Waals surface area contributed by atoms with E-state index in [0.29, 0.717) is 30.5 Å². The van der Waals surface area contributed by atoms with E-state index in [1.165, 1.54) is 5.56 Å². The lowest BCUT2D eigenvalue weighted by Crippen LogP contribution is -2.37. The lowest BCUT2D eigenvalue weighted by Gasteiger charge is -2.32. The number of likely N-dealkylation sites (tertiary alicyclic amines) is 1. The molecule has 1 aliphatic heterocycles. The molecule has 0 radical (unpaired) electrons. The zero-order valence-electron chi connectivity index (χ0n) is 15.8. The highest BCUT2D eigenvalue weighted by atomic mass is 16.5. The predicted octanol–water partition coefficient (Wildman–Crippen LogP) is 3.07. The number of hydrogen-bond donors (Lipinski definition) is 2. The van der Waals surface area contributed by atoms with Crippen LogP contribution in [0.1, 0.15) is 35.2 Å². The Kier molecular flexibility index (Phi) is 7.25. The number of nitrogens with two attached hydrogens (primary N) is 1. The van der Waals surface area contributed by atoms with Crippen molar-refractivity contribution in [2.45, 2.75) is 31.9 Å². The molecule has 3 N–H and O–H groups in total. The standard InChI is InChI=1S/C22H29N3O2/c23-21-10-5-4-9-20(21)22(26)24-13-6-16-27-19-11-14-25(15-12-19)17-18-7-2-1-3-8-18/h1-5,7-10,19H,6,11-17,23H2,(H,24,26). The summed E-state index contributed by atoms with van der Waals surface area (Å²) in [6.45, 7) is 4.43. The molecule has 0 aromatic heterocycles. The number of amides is 1. The van der Waals surface area contributed by atoms with Crippen LogP contribution in [-0.2, 0) is 11.3 Å². The molecule has 1 saturated heterocycles. The number of piperidine rings is 1. The third-order valence-corrected chi connectivity index (χ3v) is 4.95. The highest BCUT2D eigenvalue weighted by Crippen LogP contribution is 2.16. The van der Waals surface area contributed by atoms with Gasteiger partial charge in [-0.05, 0) is 37.0 Å². The fourth-order valence-corrected chi connectivity index (χ4v) is 3.40. The van der Waals surface area contributed by atoms with E-state index < -0.39 is 0 Å². The van der Waals surface area contributed by atoms with E-state index in [2.05, 4.69) is 40.5 Å². The van der Waals surface area contributed by atoms with Crippen LogP contribution in [0.5, 0.6) is 0 Å². The maximum atomic E-state index is 12.1. The van der Waals surface area contributed by atoms with E-state index in [9.17, 15) is 4.79 Å². The van der Waals surface area contributed by atoms with Gasteiger partial charge in [-0.1, -0.05) is 42.5 Å². The fourth-order valence-electron chi connectivity index (χ4n) is 3.40. The molecule has 27 heavy (non-hydrogen) atoms. The normalized spacial score (nSPS) is 15.6. The second-order valence-corrected chi connectivity index (χ2v) is 7.03. The van der Waals surface area contributed by atoms with Crippen LogP contribution in [0.15, 0.2) is 54.6 Å². The second kappa shape index (κ2) is 10.1. The number of hydrogen-bond acceptors (Lipinski definition) is 4. The smallest absolute Gasteiger partial charge is 0.253 e. The second-order valence-electron chi connectivity index (χ2n) is 7.03. The molecule has 2 aromatic carbocycles. The topological polar surface area (TPSA) is 67.6 Å². The molecule has 1 aliphatic rings. The van der Waals surface area contributed by atoms with E-state index in [0.717, 1.165) is 38.9 Å². The summed E-state index contributed by atoms with van der Waals surface area (Å²) in [5.41, 5.74) is 8.23. The van der Waals surface area contributed by atoms with Crippen LogP contribution in [0.4, 0.5) is 5.69 Å². The molecule has 2 aromatic rings. The van der Waals surface area contributed by atoms with Crippen molar-refractivity contribution in [2.75, 3.05) is 32.0 Å². The van der Waals surface area contributed by atoms with Crippen molar-refractivity contribution in [3.8, 4) is 0 Å². The maximum absolute atomic E-state index is 12.1. The van der Waals surface area contributed by atoms with Gasteiger partial charge in [0.25, 0.3) is 5.91 Å². The Balaban J connectivity index is 1.27. The molecular weight excluding hydrogens is 338 g/mol. The van der Waals surface area contributed by atoms with Crippen molar-refractivity contribution in [3.05, 3.63) is 65.7 Å². The van der Waals surface area contributed by atoms with Crippen LogP contribution >= 0.6 is 0 Å². The predicted molar refractivity (Wildman–Crippen MR) is 108 cm³/mol. The molecule has 0 atom stereocenters. The van der Waals surface area contributed by atoms with Gasteiger partial charge >= 0.3 is 0 Å². The number of anilines is 1. The van der Waals surface area contributed by atoms with Crippen molar-refractivity contribution in [2.24, 2.45) is 0 Å². The monoisotopic (exact) mass is 367 g/mol. The summed E-state index contributed by atoms with van der Waals surface area (Å²) < 4.78 is 5.99. The highest BCUT2D eigenvalue weighted by Gasteiger charge is 2.19. The number of nitrogens with one attached hydrogen (secondary N) is 1. The van der Waals surface area contributed by atoms with Gasteiger partial charge in [-0.15, -0.1) is 0 Å². The van der Waals surface area contributed by atoms with Gasteiger partial charge in [0, 0.05) is 38.5 Å². The summed E-state index contributed by atoms with van der Waals surface area (Å²) in [5, 5.41) is 2.90. The molecule has 0 unspecified atom stereocenters. The quantitative estimate of drug-likeness (QED) is 0.556. The van der Waals surface area contributed by atoms with E-state index in [-0.39, 0.29) is 5.91 Å². The number of para-hydroxylation sites is 1. The first kappa shape index (κ1) is 19.4. The number of ether oxygens (including phenoxy) is 1. The minimum Gasteiger partial charge on any atom is -0.398 e. The average molecular weight is 367 g/mol. The van der Waals surface area contributed by atoms with Gasteiger partial charge < -0.3 is 15.8 Å². The van der Waals surface area contributed by atoms with Crippen LogP contribution in [0.3, 0.4) is 0 Å². The first-order valence-corrected chi connectivity index (χ1v) is 9.73. The highest BCUT2D eigenvalue weighted by molar-refractivity contribution is 5.98. The summed E-state index contributed by atoms with van der Waals surface area (Å²) in [5.74, 6) is -0.123. The molecule has 0 bridgehead atoms. The summed E-state index contributed by atoms with van der Waals surface area (Å²) >= 11 is 0. The lowest BCUT2D eigenvalue weighted by molar-refractivity contribution is 0.00515. The number of carbonyl (C=O) groups is 1. The molecule has 1 amide bonds. The van der Waals surface area contributed by atoms with Crippen LogP contribution in [-0.4, -0.2) is 43.2 Å². The van der Waals surface area contributed by atoms with Gasteiger partial charge in [-0.3, -0.25) is 9.69 Å². The summed E-state index contributed by atoms with van der Waals surface area (Å²) in [7, 11) is 0. The Labute approximate surface area is 161 Å². The number of nitrogens with zero attached hydrogens (tertiary/aromatic N) is 1. The first-order valence-electron chi connectivity index (χ1n) is 9.73. The lowest BCUT2D eigenvalue weighted by atomic mass is 10.1. The van der Waals surface area contributed by atoms with Gasteiger partial charge in [0.2, 0.25) is 0 Å². The Morgan fingerprint density at radius 3 is 2.52 bits per heavy atom. The molecule has 0 aliphatic carbocycles. The summed E-state index contributed by atoms with van der Waals surface area (Å²) in [6, 6.07) is 17.7. The Morgan fingerprint density at radius 2 is 1.78 bits per heavy atom. The number of benzene rings is 2. The maximum Gasteiger partial charge on any atom is 0.253 e. The number of rotatable bonds is 8. The Hall–Kier alpha value is -2.37. The SMILES string of the molecule is Nc1ccccc1C(=O)NCCCOC1CCN(Cc2ccccc2)CC1. The minimum atomic E-state index is -0.123. The molecule has 3 rings (SSSR count). The van der Waals surface area contributed by atoms with Gasteiger partial charge in [0.1, 0.15) is 0 Å². The van der Waals surface area contributed by atoms with Gasteiger partial charge in [0.15, 0.2) is 0 Å². The zero-order valence-corrected chi connectivity index (χ0v) is 15.8. The molecule has 1 heterocycles. The van der Waals surface area contributed by atoms with Gasteiger partial charge in [0.05, 0.1) is 11.7 Å². The van der Waals surface area contributed by atoms with E-state index in [4.69, 9.17) is 10.5 Å². The minimum absolute atomic E-state index is 0.123. The number of nitrogen functional groups attached to an aromatic ring is 1. The number of carbonyl (C=O) groups excluding carboxylic acids is 1. The molecule has 0 saturated carbocycles. The average Bonchev–Trinajstić information content (AvgIpc) is 2.70. The molecule has 0 spiro atoms. The molecular formula is C22H29N3O2. The molecule has 1 fully saturated rings. The third-order valence-electron chi connectivity index (χ3n) is 4.95. The van der Waals surface area contributed by atoms with Crippen molar-refractivity contribution >= 4 is 11.6 Å². The van der Waals surface area contributed by atoms with Crippen molar-refractivity contribution in [1.82, 2.24) is 10.2 Å². The largest absolute Gasteiger partial charge is 0.398 e. The van der Waals surface area contributed by atoms with Crippen LogP contribution in [0.25, 0.3) is 0 Å². The van der Waals surface area contributed by atoms with Crippen molar-refractivity contribution in [1.29, 1.82) is 0 Å².